The van der Waals surface area contributed by atoms with E-state index in [1.807, 2.05) is 19.0 Å². The first-order valence-corrected chi connectivity index (χ1v) is 10.0. The van der Waals surface area contributed by atoms with E-state index >= 15 is 0 Å². The second-order valence-corrected chi connectivity index (χ2v) is 8.27. The first kappa shape index (κ1) is 18.0. The predicted molar refractivity (Wildman–Crippen MR) is 104 cm³/mol. The van der Waals surface area contributed by atoms with Gasteiger partial charge in [-0.2, -0.15) is 5.26 Å². The Morgan fingerprint density at radius 1 is 1.35 bits per heavy atom. The molecule has 3 aliphatic rings. The number of piperazine rings is 1. The van der Waals surface area contributed by atoms with Crippen molar-refractivity contribution in [3.8, 4) is 6.07 Å². The highest BCUT2D eigenvalue weighted by Crippen LogP contribution is 2.64. The van der Waals surface area contributed by atoms with Crippen LogP contribution in [0, 0.1) is 17.2 Å². The first-order chi connectivity index (χ1) is 12.6. The van der Waals surface area contributed by atoms with Gasteiger partial charge in [0.05, 0.1) is 11.6 Å². The van der Waals surface area contributed by atoms with E-state index in [1.54, 1.807) is 0 Å². The van der Waals surface area contributed by atoms with Gasteiger partial charge in [0.25, 0.3) is 0 Å². The van der Waals surface area contributed by atoms with Gasteiger partial charge in [0.15, 0.2) is 0 Å². The van der Waals surface area contributed by atoms with Crippen molar-refractivity contribution in [1.82, 2.24) is 15.0 Å². The van der Waals surface area contributed by atoms with Gasteiger partial charge in [-0.25, -0.2) is 0 Å². The van der Waals surface area contributed by atoms with Crippen LogP contribution < -0.4 is 5.32 Å². The van der Waals surface area contributed by atoms with Gasteiger partial charge < -0.3 is 15.2 Å². The average molecular weight is 352 g/mol. The van der Waals surface area contributed by atoms with E-state index in [9.17, 15) is 5.02 Å². The van der Waals surface area contributed by atoms with E-state index in [-0.39, 0.29) is 7.05 Å². The maximum absolute atomic E-state index is 9.65. The summed E-state index contributed by atoms with van der Waals surface area (Å²) in [6.45, 7) is 8.00. The molecule has 138 valence electrons. The maximum atomic E-state index is 9.65. The van der Waals surface area contributed by atoms with E-state index in [4.69, 9.17) is 5.26 Å². The Balaban J connectivity index is 1.24. The number of rotatable bonds is 6. The summed E-state index contributed by atoms with van der Waals surface area (Å²) in [6.07, 6.45) is 3.77. The van der Waals surface area contributed by atoms with Crippen LogP contribution >= 0.6 is 0 Å². The van der Waals surface area contributed by atoms with Crippen molar-refractivity contribution in [3.63, 3.8) is 0 Å². The number of hydrogen-bond donors (Lipinski definition) is 2. The Morgan fingerprint density at radius 2 is 2.15 bits per heavy atom. The summed E-state index contributed by atoms with van der Waals surface area (Å²) in [5.41, 5.74) is 2.50. The molecule has 0 radical (unpaired) electrons. The van der Waals surface area contributed by atoms with Gasteiger partial charge in [-0.15, -0.1) is 0 Å². The molecule has 3 atom stereocenters. The molecule has 2 N–H and O–H groups in total. The molecular weight excluding hydrogens is 323 g/mol. The summed E-state index contributed by atoms with van der Waals surface area (Å²) in [4.78, 5) is 4.63. The Labute approximate surface area is 157 Å². The molecule has 2 saturated carbocycles. The molecule has 1 aromatic rings. The zero-order valence-electron chi connectivity index (χ0n) is 15.7. The topological polar surface area (TPSA) is 62.5 Å². The molecule has 26 heavy (non-hydrogen) atoms. The van der Waals surface area contributed by atoms with Gasteiger partial charge in [0.1, 0.15) is 0 Å². The highest BCUT2D eigenvalue weighted by atomic mass is 16.2. The standard InChI is InChI=1S/C20H29BN4O/c1-21(26)25-11-9-24(10-12-25)8-7-23-19-5-6-20(14-18(19)20)17-4-2-3-16(13-17)15-22/h2-4,13,18-19,23,26H,5-12,14H2,1H3/t18-,19-,20-/m1/s1. The molecule has 1 aliphatic heterocycles. The van der Waals surface area contributed by atoms with Crippen molar-refractivity contribution in [2.45, 2.75) is 37.5 Å². The van der Waals surface area contributed by atoms with Gasteiger partial charge >= 0.3 is 7.05 Å². The summed E-state index contributed by atoms with van der Waals surface area (Å²) in [6, 6.07) is 11.2. The Bertz CT molecular complexity index is 683. The predicted octanol–water partition coefficient (Wildman–Crippen LogP) is 1.30. The molecule has 1 heterocycles. The molecule has 1 saturated heterocycles. The normalized spacial score (nSPS) is 31.4. The third-order valence-electron chi connectivity index (χ3n) is 6.86. The van der Waals surface area contributed by atoms with Gasteiger partial charge in [-0.1, -0.05) is 12.1 Å². The van der Waals surface area contributed by atoms with Crippen LogP contribution in [-0.2, 0) is 5.41 Å². The zero-order valence-corrected chi connectivity index (χ0v) is 15.7. The first-order valence-electron chi connectivity index (χ1n) is 10.0. The number of nitriles is 1. The van der Waals surface area contributed by atoms with Crippen molar-refractivity contribution in [2.75, 3.05) is 39.3 Å². The van der Waals surface area contributed by atoms with Gasteiger partial charge in [-0.3, -0.25) is 4.90 Å². The van der Waals surface area contributed by atoms with Crippen molar-refractivity contribution in [2.24, 2.45) is 5.92 Å². The molecule has 0 bridgehead atoms. The number of hydrogen-bond acceptors (Lipinski definition) is 5. The Kier molecular flexibility index (Phi) is 5.07. The second kappa shape index (κ2) is 7.32. The Morgan fingerprint density at radius 3 is 2.85 bits per heavy atom. The van der Waals surface area contributed by atoms with Crippen LogP contribution in [0.25, 0.3) is 0 Å². The fourth-order valence-corrected chi connectivity index (χ4v) is 5.15. The lowest BCUT2D eigenvalue weighted by Crippen LogP contribution is -2.52. The number of fused-ring (bicyclic) bond motifs is 1. The molecule has 3 fully saturated rings. The minimum absolute atomic E-state index is 0.323. The largest absolute Gasteiger partial charge is 0.437 e. The molecule has 4 rings (SSSR count). The van der Waals surface area contributed by atoms with E-state index in [2.05, 4.69) is 33.2 Å². The molecule has 0 amide bonds. The maximum Gasteiger partial charge on any atom is 0.376 e. The van der Waals surface area contributed by atoms with Crippen LogP contribution in [0.4, 0.5) is 0 Å². The van der Waals surface area contributed by atoms with Gasteiger partial charge in [-0.05, 0) is 49.7 Å². The molecule has 0 aromatic heterocycles. The van der Waals surface area contributed by atoms with Crippen LogP contribution in [0.2, 0.25) is 6.82 Å². The van der Waals surface area contributed by atoms with E-state index in [0.29, 0.717) is 11.5 Å². The quantitative estimate of drug-likeness (QED) is 0.756. The third kappa shape index (κ3) is 3.42. The summed E-state index contributed by atoms with van der Waals surface area (Å²) >= 11 is 0. The van der Waals surface area contributed by atoms with Crippen LogP contribution in [0.3, 0.4) is 0 Å². The van der Waals surface area contributed by atoms with Crippen molar-refractivity contribution < 1.29 is 5.02 Å². The van der Waals surface area contributed by atoms with Crippen molar-refractivity contribution >= 4 is 7.05 Å². The lowest BCUT2D eigenvalue weighted by atomic mass is 9.84. The summed E-state index contributed by atoms with van der Waals surface area (Å²) in [5, 5.41) is 22.6. The second-order valence-electron chi connectivity index (χ2n) is 8.27. The molecule has 5 nitrogen and oxygen atoms in total. The SMILES string of the molecule is CB(O)N1CCN(CCN[C@@H]2CC[C@]3(c4cccc(C#N)c4)C[C@H]23)CC1. The fourth-order valence-electron chi connectivity index (χ4n) is 5.15. The van der Waals surface area contributed by atoms with Crippen molar-refractivity contribution in [3.05, 3.63) is 35.4 Å². The van der Waals surface area contributed by atoms with Gasteiger partial charge in [0, 0.05) is 50.7 Å². The van der Waals surface area contributed by atoms with Crippen LogP contribution in [0.1, 0.15) is 30.4 Å². The van der Waals surface area contributed by atoms with Crippen LogP contribution in [0.5, 0.6) is 0 Å². The van der Waals surface area contributed by atoms with Gasteiger partial charge in [0.2, 0.25) is 0 Å². The highest BCUT2D eigenvalue weighted by molar-refractivity contribution is 6.45. The summed E-state index contributed by atoms with van der Waals surface area (Å²) < 4.78 is 0. The monoisotopic (exact) mass is 352 g/mol. The van der Waals surface area contributed by atoms with Crippen LogP contribution in [-0.4, -0.2) is 67.1 Å². The number of benzene rings is 1. The molecular formula is C20H29BN4O. The minimum atomic E-state index is -0.323. The van der Waals surface area contributed by atoms with Crippen LogP contribution in [0.15, 0.2) is 24.3 Å². The fraction of sp³-hybridized carbons (Fsp3) is 0.650. The number of nitrogens with one attached hydrogen (secondary N) is 1. The minimum Gasteiger partial charge on any atom is -0.437 e. The molecule has 0 unspecified atom stereocenters. The highest BCUT2D eigenvalue weighted by Gasteiger charge is 2.62. The summed E-state index contributed by atoms with van der Waals surface area (Å²) in [7, 11) is -0.323. The average Bonchev–Trinajstić information content (AvgIpc) is 3.31. The zero-order chi connectivity index (χ0) is 18.1. The Hall–Kier alpha value is -1.39. The van der Waals surface area contributed by atoms with E-state index < -0.39 is 0 Å². The van der Waals surface area contributed by atoms with Crippen molar-refractivity contribution in [1.29, 1.82) is 5.26 Å². The molecule has 1 aromatic carbocycles. The number of nitrogens with zero attached hydrogens (tertiary/aromatic N) is 3. The smallest absolute Gasteiger partial charge is 0.376 e. The third-order valence-corrected chi connectivity index (χ3v) is 6.86. The lowest BCUT2D eigenvalue weighted by molar-refractivity contribution is 0.174. The molecule has 0 spiro atoms. The lowest BCUT2D eigenvalue weighted by Gasteiger charge is -2.35. The van der Waals surface area contributed by atoms with E-state index in [1.165, 1.54) is 24.8 Å². The summed E-state index contributed by atoms with van der Waals surface area (Å²) in [5.74, 6) is 0.739. The molecule has 2 aliphatic carbocycles. The molecule has 6 heteroatoms. The van der Waals surface area contributed by atoms with E-state index in [0.717, 1.165) is 50.7 Å².